The fourth-order valence-electron chi connectivity index (χ4n) is 2.25. The molecule has 0 aliphatic heterocycles. The molecule has 0 aliphatic rings. The number of ether oxygens (including phenoxy) is 1. The minimum Gasteiger partial charge on any atom is -0.383 e. The third-order valence-electron chi connectivity index (χ3n) is 3.75. The second-order valence-electron chi connectivity index (χ2n) is 5.92. The molecule has 0 unspecified atom stereocenters. The van der Waals surface area contributed by atoms with Crippen molar-refractivity contribution in [2.45, 2.75) is 6.92 Å². The Labute approximate surface area is 159 Å². The smallest absolute Gasteiger partial charge is 0.267 e. The second-order valence-corrected chi connectivity index (χ2v) is 5.92. The van der Waals surface area contributed by atoms with Gasteiger partial charge in [0.2, 0.25) is 0 Å². The minimum atomic E-state index is -0.370. The van der Waals surface area contributed by atoms with Crippen molar-refractivity contribution in [3.8, 4) is 0 Å². The van der Waals surface area contributed by atoms with Gasteiger partial charge in [-0.1, -0.05) is 60.2 Å². The van der Waals surface area contributed by atoms with Crippen molar-refractivity contribution >= 4 is 17.9 Å². The molecule has 27 heavy (non-hydrogen) atoms. The van der Waals surface area contributed by atoms with E-state index in [1.165, 1.54) is 0 Å². The number of methoxy groups -OCH3 is 1. The summed E-state index contributed by atoms with van der Waals surface area (Å²) >= 11 is 0. The van der Waals surface area contributed by atoms with Gasteiger partial charge in [-0.05, 0) is 30.7 Å². The van der Waals surface area contributed by atoms with Crippen LogP contribution in [-0.2, 0) is 9.53 Å². The Morgan fingerprint density at radius 3 is 2.41 bits per heavy atom. The highest BCUT2D eigenvalue weighted by atomic mass is 16.5. The van der Waals surface area contributed by atoms with Crippen LogP contribution in [0.25, 0.3) is 6.08 Å². The van der Waals surface area contributed by atoms with Crippen molar-refractivity contribution in [2.24, 2.45) is 0 Å². The molecule has 2 rings (SSSR count). The maximum atomic E-state index is 12.5. The summed E-state index contributed by atoms with van der Waals surface area (Å²) in [6.45, 7) is 2.70. The average Bonchev–Trinajstić information content (AvgIpc) is 2.68. The van der Waals surface area contributed by atoms with E-state index < -0.39 is 0 Å². The normalized spacial score (nSPS) is 11.4. The van der Waals surface area contributed by atoms with Gasteiger partial charge in [0.15, 0.2) is 0 Å². The SMILES string of the molecule is COCCNC(=O)/C(=C\C=C/c1ccccc1)NC(=O)c1ccc(C)cc1. The Bertz CT molecular complexity index is 809. The highest BCUT2D eigenvalue weighted by molar-refractivity contribution is 6.03. The standard InChI is InChI=1S/C22H24N2O3/c1-17-11-13-19(14-12-17)21(25)24-20(22(26)23-15-16-27-2)10-6-9-18-7-4-3-5-8-18/h3-14H,15-16H2,1-2H3,(H,23,26)(H,24,25)/b9-6-,20-10+. The maximum Gasteiger partial charge on any atom is 0.267 e. The number of allylic oxidation sites excluding steroid dienone is 2. The van der Waals surface area contributed by atoms with Gasteiger partial charge >= 0.3 is 0 Å². The molecule has 0 aliphatic carbocycles. The predicted molar refractivity (Wildman–Crippen MR) is 107 cm³/mol. The predicted octanol–water partition coefficient (Wildman–Crippen LogP) is 3.08. The van der Waals surface area contributed by atoms with E-state index in [1.807, 2.05) is 55.5 Å². The summed E-state index contributed by atoms with van der Waals surface area (Å²) in [4.78, 5) is 24.9. The van der Waals surface area contributed by atoms with Crippen molar-refractivity contribution in [1.82, 2.24) is 10.6 Å². The number of benzene rings is 2. The lowest BCUT2D eigenvalue weighted by atomic mass is 10.1. The average molecular weight is 364 g/mol. The Balaban J connectivity index is 2.14. The summed E-state index contributed by atoms with van der Waals surface area (Å²) in [5.41, 5.74) is 2.72. The lowest BCUT2D eigenvalue weighted by molar-refractivity contribution is -0.118. The number of aryl methyl sites for hydroxylation is 1. The van der Waals surface area contributed by atoms with Crippen molar-refractivity contribution in [3.05, 3.63) is 89.1 Å². The van der Waals surface area contributed by atoms with Crippen LogP contribution in [-0.4, -0.2) is 32.1 Å². The van der Waals surface area contributed by atoms with Crippen LogP contribution in [0.4, 0.5) is 0 Å². The van der Waals surface area contributed by atoms with Crippen LogP contribution in [0.1, 0.15) is 21.5 Å². The fraction of sp³-hybridized carbons (Fsp3) is 0.182. The lowest BCUT2D eigenvalue weighted by Gasteiger charge is -2.10. The molecule has 5 nitrogen and oxygen atoms in total. The van der Waals surface area contributed by atoms with Gasteiger partial charge < -0.3 is 15.4 Å². The molecule has 2 amide bonds. The Hall–Kier alpha value is -3.18. The van der Waals surface area contributed by atoms with Gasteiger partial charge in [-0.25, -0.2) is 0 Å². The van der Waals surface area contributed by atoms with Crippen LogP contribution in [0.5, 0.6) is 0 Å². The van der Waals surface area contributed by atoms with Gasteiger partial charge in [0.05, 0.1) is 6.61 Å². The first-order chi connectivity index (χ1) is 13.1. The highest BCUT2D eigenvalue weighted by Crippen LogP contribution is 2.05. The third kappa shape index (κ3) is 6.92. The summed E-state index contributed by atoms with van der Waals surface area (Å²) in [6.07, 6.45) is 5.18. The highest BCUT2D eigenvalue weighted by Gasteiger charge is 2.13. The molecule has 140 valence electrons. The van der Waals surface area contributed by atoms with E-state index in [4.69, 9.17) is 4.74 Å². The summed E-state index contributed by atoms with van der Waals surface area (Å²) in [5, 5.41) is 5.40. The number of rotatable bonds is 8. The molecule has 0 saturated carbocycles. The van der Waals surface area contributed by atoms with Gasteiger partial charge in [-0.3, -0.25) is 9.59 Å². The molecule has 2 aromatic carbocycles. The molecule has 5 heteroatoms. The topological polar surface area (TPSA) is 67.4 Å². The minimum absolute atomic E-state index is 0.170. The van der Waals surface area contributed by atoms with Crippen LogP contribution >= 0.6 is 0 Å². The van der Waals surface area contributed by atoms with E-state index in [2.05, 4.69) is 10.6 Å². The van der Waals surface area contributed by atoms with Gasteiger partial charge in [0, 0.05) is 19.2 Å². The first-order valence-electron chi connectivity index (χ1n) is 8.68. The zero-order chi connectivity index (χ0) is 19.5. The monoisotopic (exact) mass is 364 g/mol. The van der Waals surface area contributed by atoms with Crippen molar-refractivity contribution < 1.29 is 14.3 Å². The van der Waals surface area contributed by atoms with Gasteiger partial charge in [0.1, 0.15) is 5.70 Å². The first kappa shape index (κ1) is 20.1. The summed E-state index contributed by atoms with van der Waals surface area (Å²) in [7, 11) is 1.56. The quantitative estimate of drug-likeness (QED) is 0.430. The van der Waals surface area contributed by atoms with E-state index in [9.17, 15) is 9.59 Å². The van der Waals surface area contributed by atoms with Crippen LogP contribution < -0.4 is 10.6 Å². The molecule has 0 radical (unpaired) electrons. The number of carbonyl (C=O) groups is 2. The molecular formula is C22H24N2O3. The zero-order valence-corrected chi connectivity index (χ0v) is 15.6. The fourth-order valence-corrected chi connectivity index (χ4v) is 2.25. The van der Waals surface area contributed by atoms with Gasteiger partial charge in [-0.15, -0.1) is 0 Å². The number of hydrogen-bond donors (Lipinski definition) is 2. The maximum absolute atomic E-state index is 12.5. The Morgan fingerprint density at radius 2 is 1.74 bits per heavy atom. The summed E-state index contributed by atoms with van der Waals surface area (Å²) < 4.78 is 4.94. The zero-order valence-electron chi connectivity index (χ0n) is 15.6. The molecule has 0 atom stereocenters. The van der Waals surface area contributed by atoms with E-state index in [-0.39, 0.29) is 17.5 Å². The Kier molecular flexibility index (Phi) is 8.00. The molecule has 0 fully saturated rings. The molecule has 2 aromatic rings. The van der Waals surface area contributed by atoms with Crippen LogP contribution in [0.15, 0.2) is 72.4 Å². The second kappa shape index (κ2) is 10.7. The van der Waals surface area contributed by atoms with Crippen molar-refractivity contribution in [2.75, 3.05) is 20.3 Å². The van der Waals surface area contributed by atoms with Crippen molar-refractivity contribution in [1.29, 1.82) is 0 Å². The van der Waals surface area contributed by atoms with Gasteiger partial charge in [0.25, 0.3) is 11.8 Å². The number of hydrogen-bond acceptors (Lipinski definition) is 3. The molecule has 2 N–H and O–H groups in total. The van der Waals surface area contributed by atoms with Crippen LogP contribution in [0.3, 0.4) is 0 Å². The van der Waals surface area contributed by atoms with Crippen molar-refractivity contribution in [3.63, 3.8) is 0 Å². The number of amides is 2. The summed E-state index contributed by atoms with van der Waals surface area (Å²) in [6, 6.07) is 16.9. The van der Waals surface area contributed by atoms with E-state index in [1.54, 1.807) is 31.4 Å². The summed E-state index contributed by atoms with van der Waals surface area (Å²) in [5.74, 6) is -0.707. The molecule has 0 aromatic heterocycles. The lowest BCUT2D eigenvalue weighted by Crippen LogP contribution is -2.36. The largest absolute Gasteiger partial charge is 0.383 e. The number of nitrogens with one attached hydrogen (secondary N) is 2. The van der Waals surface area contributed by atoms with E-state index in [0.29, 0.717) is 18.7 Å². The number of carbonyl (C=O) groups excluding carboxylic acids is 2. The van der Waals surface area contributed by atoms with E-state index in [0.717, 1.165) is 11.1 Å². The van der Waals surface area contributed by atoms with Gasteiger partial charge in [-0.2, -0.15) is 0 Å². The van der Waals surface area contributed by atoms with Crippen LogP contribution in [0.2, 0.25) is 0 Å². The van der Waals surface area contributed by atoms with E-state index >= 15 is 0 Å². The van der Waals surface area contributed by atoms with Crippen LogP contribution in [0, 0.1) is 6.92 Å². The molecule has 0 bridgehead atoms. The molecule has 0 saturated heterocycles. The molecule has 0 spiro atoms. The molecule has 0 heterocycles. The first-order valence-corrected chi connectivity index (χ1v) is 8.68. The third-order valence-corrected chi connectivity index (χ3v) is 3.75. The Morgan fingerprint density at radius 1 is 1.04 bits per heavy atom. The molecular weight excluding hydrogens is 340 g/mol.